The van der Waals surface area contributed by atoms with Crippen molar-refractivity contribution in [2.45, 2.75) is 25.4 Å². The molecule has 1 fully saturated rings. The topological polar surface area (TPSA) is 25.2 Å². The van der Waals surface area contributed by atoms with Crippen LogP contribution in [0.5, 0.6) is 0 Å². The highest BCUT2D eigenvalue weighted by atomic mass is 35.5. The van der Waals surface area contributed by atoms with Crippen LogP contribution < -0.4 is 5.56 Å². The van der Waals surface area contributed by atoms with E-state index in [1.807, 2.05) is 28.8 Å². The molecule has 3 nitrogen and oxygen atoms in total. The highest BCUT2D eigenvalue weighted by molar-refractivity contribution is 6.42. The summed E-state index contributed by atoms with van der Waals surface area (Å²) in [5.74, 6) is 0.989. The van der Waals surface area contributed by atoms with Crippen LogP contribution in [0.4, 0.5) is 0 Å². The fraction of sp³-hybridized carbons (Fsp3) is 0.389. The molecular formula is C18H18Cl2N2O. The minimum atomic E-state index is 0.134. The Morgan fingerprint density at radius 2 is 1.91 bits per heavy atom. The molecule has 4 rings (SSSR count). The standard InChI is InChI=1S/C18H18Cl2N2O/c19-15-5-4-12(7-16(15)20)8-21-9-13-6-14(11-21)17-2-1-3-18(23)22(17)10-13/h1-5,7,13-14H,6,8-11H2/t13-,14-/m0/s1. The van der Waals surface area contributed by atoms with Crippen molar-refractivity contribution in [3.63, 3.8) is 0 Å². The van der Waals surface area contributed by atoms with Crippen LogP contribution in [0.1, 0.15) is 23.6 Å². The van der Waals surface area contributed by atoms with Gasteiger partial charge in [-0.15, -0.1) is 0 Å². The normalized spacial score (nSPS) is 23.6. The maximum absolute atomic E-state index is 12.1. The van der Waals surface area contributed by atoms with Crippen molar-refractivity contribution < 1.29 is 0 Å². The Bertz CT molecular complexity index is 802. The van der Waals surface area contributed by atoms with Crippen LogP contribution in [0, 0.1) is 5.92 Å². The van der Waals surface area contributed by atoms with Crippen molar-refractivity contribution in [1.82, 2.24) is 9.47 Å². The number of pyridine rings is 1. The van der Waals surface area contributed by atoms with E-state index >= 15 is 0 Å². The van der Waals surface area contributed by atoms with Gasteiger partial charge in [-0.2, -0.15) is 0 Å². The third-order valence-corrected chi connectivity index (χ3v) is 5.68. The van der Waals surface area contributed by atoms with Gasteiger partial charge in [0.2, 0.25) is 0 Å². The minimum Gasteiger partial charge on any atom is -0.312 e. The zero-order valence-corrected chi connectivity index (χ0v) is 14.2. The SMILES string of the molecule is O=c1cccc2n1C[C@H]1C[C@H]2CN(Cc2ccc(Cl)c(Cl)c2)C1. The lowest BCUT2D eigenvalue weighted by atomic mass is 9.83. The van der Waals surface area contributed by atoms with Crippen LogP contribution in [-0.4, -0.2) is 22.6 Å². The predicted molar refractivity (Wildman–Crippen MR) is 93.3 cm³/mol. The fourth-order valence-corrected chi connectivity index (χ4v) is 4.34. The molecule has 5 heteroatoms. The Hall–Kier alpha value is -1.29. The van der Waals surface area contributed by atoms with Gasteiger partial charge in [0.05, 0.1) is 10.0 Å². The summed E-state index contributed by atoms with van der Waals surface area (Å²) in [6, 6.07) is 11.5. The molecular weight excluding hydrogens is 331 g/mol. The number of aromatic nitrogens is 1. The third kappa shape index (κ3) is 2.93. The summed E-state index contributed by atoms with van der Waals surface area (Å²) in [5, 5.41) is 1.21. The number of piperidine rings is 1. The minimum absolute atomic E-state index is 0.134. The number of fused-ring (bicyclic) bond motifs is 4. The van der Waals surface area contributed by atoms with Crippen LogP contribution in [0.25, 0.3) is 0 Å². The number of benzene rings is 1. The van der Waals surface area contributed by atoms with E-state index in [2.05, 4.69) is 11.0 Å². The summed E-state index contributed by atoms with van der Waals surface area (Å²) >= 11 is 12.1. The molecule has 0 N–H and O–H groups in total. The summed E-state index contributed by atoms with van der Waals surface area (Å²) in [7, 11) is 0. The monoisotopic (exact) mass is 348 g/mol. The molecule has 1 saturated heterocycles. The van der Waals surface area contributed by atoms with Gasteiger partial charge in [0.1, 0.15) is 0 Å². The van der Waals surface area contributed by atoms with Crippen LogP contribution in [0.2, 0.25) is 10.0 Å². The second kappa shape index (κ2) is 5.97. The van der Waals surface area contributed by atoms with Gasteiger partial charge in [0.25, 0.3) is 5.56 Å². The highest BCUT2D eigenvalue weighted by Gasteiger charge is 2.34. The Morgan fingerprint density at radius 3 is 2.74 bits per heavy atom. The lowest BCUT2D eigenvalue weighted by Crippen LogP contribution is -2.46. The van der Waals surface area contributed by atoms with E-state index in [0.29, 0.717) is 21.9 Å². The Morgan fingerprint density at radius 1 is 1.04 bits per heavy atom. The molecule has 3 heterocycles. The van der Waals surface area contributed by atoms with E-state index in [-0.39, 0.29) is 5.56 Å². The molecule has 0 saturated carbocycles. The third-order valence-electron chi connectivity index (χ3n) is 4.95. The van der Waals surface area contributed by atoms with E-state index in [9.17, 15) is 4.79 Å². The maximum Gasteiger partial charge on any atom is 0.250 e. The molecule has 2 aromatic rings. The molecule has 0 amide bonds. The first-order valence-corrected chi connectivity index (χ1v) is 8.72. The van der Waals surface area contributed by atoms with Crippen molar-refractivity contribution in [1.29, 1.82) is 0 Å². The van der Waals surface area contributed by atoms with E-state index in [1.165, 1.54) is 17.7 Å². The van der Waals surface area contributed by atoms with E-state index in [1.54, 1.807) is 6.07 Å². The number of hydrogen-bond donors (Lipinski definition) is 0. The summed E-state index contributed by atoms with van der Waals surface area (Å²) in [6.07, 6.45) is 1.18. The summed E-state index contributed by atoms with van der Waals surface area (Å²) < 4.78 is 1.97. The lowest BCUT2D eigenvalue weighted by molar-refractivity contribution is 0.114. The average molecular weight is 349 g/mol. The van der Waals surface area contributed by atoms with Gasteiger partial charge in [0.15, 0.2) is 0 Å². The van der Waals surface area contributed by atoms with Crippen molar-refractivity contribution in [3.8, 4) is 0 Å². The zero-order chi connectivity index (χ0) is 16.0. The van der Waals surface area contributed by atoms with Gasteiger partial charge in [-0.05, 0) is 36.1 Å². The number of hydrogen-bond acceptors (Lipinski definition) is 2. The van der Waals surface area contributed by atoms with Gasteiger partial charge >= 0.3 is 0 Å². The van der Waals surface area contributed by atoms with Gasteiger partial charge in [-0.1, -0.05) is 35.3 Å². The van der Waals surface area contributed by atoms with Crippen LogP contribution >= 0.6 is 23.2 Å². The lowest BCUT2D eigenvalue weighted by Gasteiger charge is -2.42. The van der Waals surface area contributed by atoms with Crippen molar-refractivity contribution >= 4 is 23.2 Å². The number of likely N-dealkylation sites (tertiary alicyclic amines) is 1. The van der Waals surface area contributed by atoms with E-state index < -0.39 is 0 Å². The molecule has 0 aliphatic carbocycles. The van der Waals surface area contributed by atoms with Crippen molar-refractivity contribution in [2.24, 2.45) is 5.92 Å². The average Bonchev–Trinajstić information content (AvgIpc) is 2.52. The molecule has 23 heavy (non-hydrogen) atoms. The maximum atomic E-state index is 12.1. The first-order chi connectivity index (χ1) is 11.1. The number of nitrogens with zero attached hydrogens (tertiary/aromatic N) is 2. The Kier molecular flexibility index (Phi) is 3.96. The molecule has 0 radical (unpaired) electrons. The molecule has 2 aliphatic rings. The molecule has 0 spiro atoms. The first kappa shape index (κ1) is 15.3. The second-order valence-electron chi connectivity index (χ2n) is 6.64. The van der Waals surface area contributed by atoms with Crippen LogP contribution in [-0.2, 0) is 13.1 Å². The molecule has 2 bridgehead atoms. The van der Waals surface area contributed by atoms with Gasteiger partial charge < -0.3 is 4.57 Å². The van der Waals surface area contributed by atoms with Gasteiger partial charge in [-0.25, -0.2) is 0 Å². The zero-order valence-electron chi connectivity index (χ0n) is 12.7. The number of rotatable bonds is 2. The first-order valence-electron chi connectivity index (χ1n) is 7.96. The summed E-state index contributed by atoms with van der Waals surface area (Å²) in [5.41, 5.74) is 2.51. The predicted octanol–water partition coefficient (Wildman–Crippen LogP) is 3.77. The molecule has 1 aromatic carbocycles. The fourth-order valence-electron chi connectivity index (χ4n) is 4.02. The molecule has 2 aliphatic heterocycles. The Labute approximate surface area is 145 Å². The summed E-state index contributed by atoms with van der Waals surface area (Å²) in [4.78, 5) is 14.5. The largest absolute Gasteiger partial charge is 0.312 e. The quantitative estimate of drug-likeness (QED) is 0.825. The number of halogens is 2. The van der Waals surface area contributed by atoms with Crippen molar-refractivity contribution in [3.05, 3.63) is 68.1 Å². The van der Waals surface area contributed by atoms with Crippen LogP contribution in [0.3, 0.4) is 0 Å². The molecule has 0 unspecified atom stereocenters. The highest BCUT2D eigenvalue weighted by Crippen LogP contribution is 2.35. The second-order valence-corrected chi connectivity index (χ2v) is 7.46. The van der Waals surface area contributed by atoms with Crippen molar-refractivity contribution in [2.75, 3.05) is 13.1 Å². The molecule has 1 aromatic heterocycles. The van der Waals surface area contributed by atoms with E-state index in [4.69, 9.17) is 23.2 Å². The summed E-state index contributed by atoms with van der Waals surface area (Å²) in [6.45, 7) is 3.72. The van der Waals surface area contributed by atoms with E-state index in [0.717, 1.165) is 26.2 Å². The molecule has 120 valence electrons. The van der Waals surface area contributed by atoms with Crippen LogP contribution in [0.15, 0.2) is 41.2 Å². The molecule has 2 atom stereocenters. The smallest absolute Gasteiger partial charge is 0.250 e. The Balaban J connectivity index is 1.56. The van der Waals surface area contributed by atoms with Gasteiger partial charge in [-0.3, -0.25) is 9.69 Å². The van der Waals surface area contributed by atoms with Gasteiger partial charge in [0, 0.05) is 43.9 Å².